The summed E-state index contributed by atoms with van der Waals surface area (Å²) in [6.07, 6.45) is 4.99. The molecule has 1 saturated heterocycles. The number of likely N-dealkylation sites (tertiary alicyclic amines) is 1. The molecule has 0 spiro atoms. The third kappa shape index (κ3) is 4.58. The van der Waals surface area contributed by atoms with Crippen LogP contribution in [0.5, 0.6) is 0 Å². The number of nitrogens with one attached hydrogen (secondary N) is 1. The molecule has 1 aliphatic heterocycles. The van der Waals surface area contributed by atoms with E-state index in [4.69, 9.17) is 10.7 Å². The number of guanidine groups is 1. The second kappa shape index (κ2) is 8.42. The molecule has 0 bridgehead atoms. The molecule has 1 aromatic carbocycles. The van der Waals surface area contributed by atoms with Gasteiger partial charge in [-0.1, -0.05) is 34.1 Å². The minimum Gasteiger partial charge on any atom is -0.370 e. The third-order valence-electron chi connectivity index (χ3n) is 5.47. The predicted octanol–water partition coefficient (Wildman–Crippen LogP) is 3.03. The van der Waals surface area contributed by atoms with Crippen LogP contribution < -0.4 is 11.1 Å². The zero-order valence-corrected chi connectivity index (χ0v) is 17.1. The van der Waals surface area contributed by atoms with Gasteiger partial charge in [0.2, 0.25) is 5.91 Å². The van der Waals surface area contributed by atoms with Crippen molar-refractivity contribution in [1.82, 2.24) is 10.2 Å². The van der Waals surface area contributed by atoms with Crippen LogP contribution in [-0.4, -0.2) is 42.9 Å². The number of benzene rings is 1. The third-order valence-corrected chi connectivity index (χ3v) is 6.17. The fraction of sp³-hybridized carbons (Fsp3) is 0.600. The molecule has 1 saturated carbocycles. The predicted molar refractivity (Wildman–Crippen MR) is 109 cm³/mol. The summed E-state index contributed by atoms with van der Waals surface area (Å²) in [5.41, 5.74) is 6.93. The van der Waals surface area contributed by atoms with Gasteiger partial charge in [0.05, 0.1) is 6.54 Å². The van der Waals surface area contributed by atoms with E-state index in [9.17, 15) is 4.79 Å². The van der Waals surface area contributed by atoms with Crippen molar-refractivity contribution in [2.75, 3.05) is 26.2 Å². The molecule has 2 fully saturated rings. The van der Waals surface area contributed by atoms with Gasteiger partial charge in [0, 0.05) is 35.9 Å². The van der Waals surface area contributed by atoms with E-state index in [0.29, 0.717) is 12.3 Å². The first kappa shape index (κ1) is 19.2. The van der Waals surface area contributed by atoms with Gasteiger partial charge >= 0.3 is 0 Å². The van der Waals surface area contributed by atoms with E-state index in [-0.39, 0.29) is 11.3 Å². The standard InChI is InChI=1S/C20H29BrN4O/c1-2-23-19(25-11-5-6-15(13-25)12-18(22)26)24-14-20(9-10-20)16-7-3-4-8-17(16)21/h3-4,7-8,15H,2,5-6,9-14H2,1H3,(H2,22,26)(H,23,24). The zero-order chi connectivity index (χ0) is 18.6. The maximum Gasteiger partial charge on any atom is 0.217 e. The van der Waals surface area contributed by atoms with E-state index >= 15 is 0 Å². The average molecular weight is 421 g/mol. The second-order valence-corrected chi connectivity index (χ2v) is 8.41. The van der Waals surface area contributed by atoms with Crippen LogP contribution in [0.2, 0.25) is 0 Å². The van der Waals surface area contributed by atoms with Gasteiger partial charge in [0.1, 0.15) is 0 Å². The van der Waals surface area contributed by atoms with Crippen LogP contribution in [0.1, 0.15) is 44.6 Å². The summed E-state index contributed by atoms with van der Waals surface area (Å²) < 4.78 is 1.18. The maximum absolute atomic E-state index is 11.3. The smallest absolute Gasteiger partial charge is 0.217 e. The summed E-state index contributed by atoms with van der Waals surface area (Å²) >= 11 is 3.70. The molecule has 1 heterocycles. The number of amides is 1. The lowest BCUT2D eigenvalue weighted by Crippen LogP contribution is -2.47. The first-order chi connectivity index (χ1) is 12.5. The fourth-order valence-corrected chi connectivity index (χ4v) is 4.62. The molecule has 1 aromatic rings. The highest BCUT2D eigenvalue weighted by atomic mass is 79.9. The fourth-order valence-electron chi connectivity index (χ4n) is 3.92. The molecule has 1 aliphatic carbocycles. The van der Waals surface area contributed by atoms with Crippen molar-refractivity contribution in [3.05, 3.63) is 34.3 Å². The van der Waals surface area contributed by atoms with Crippen molar-refractivity contribution in [3.63, 3.8) is 0 Å². The molecule has 0 aromatic heterocycles. The summed E-state index contributed by atoms with van der Waals surface area (Å²) in [7, 11) is 0. The first-order valence-corrected chi connectivity index (χ1v) is 10.4. The molecule has 5 nitrogen and oxygen atoms in total. The lowest BCUT2D eigenvalue weighted by atomic mass is 9.94. The number of hydrogen-bond donors (Lipinski definition) is 2. The minimum atomic E-state index is -0.204. The van der Waals surface area contributed by atoms with Gasteiger partial charge in [0.15, 0.2) is 5.96 Å². The Kier molecular flexibility index (Phi) is 6.22. The van der Waals surface area contributed by atoms with Gasteiger partial charge in [-0.25, -0.2) is 0 Å². The van der Waals surface area contributed by atoms with Gasteiger partial charge in [-0.2, -0.15) is 0 Å². The number of carbonyl (C=O) groups excluding carboxylic acids is 1. The van der Waals surface area contributed by atoms with Gasteiger partial charge < -0.3 is 16.0 Å². The largest absolute Gasteiger partial charge is 0.370 e. The minimum absolute atomic E-state index is 0.170. The van der Waals surface area contributed by atoms with Crippen molar-refractivity contribution in [2.24, 2.45) is 16.6 Å². The van der Waals surface area contributed by atoms with Gasteiger partial charge in [-0.15, -0.1) is 0 Å². The van der Waals surface area contributed by atoms with E-state index < -0.39 is 0 Å². The number of piperidine rings is 1. The number of nitrogens with two attached hydrogens (primary N) is 1. The summed E-state index contributed by atoms with van der Waals surface area (Å²) in [4.78, 5) is 18.6. The Balaban J connectivity index is 1.71. The number of primary amides is 1. The molecule has 3 rings (SSSR count). The molecule has 6 heteroatoms. The molecule has 2 aliphatic rings. The van der Waals surface area contributed by atoms with E-state index in [0.717, 1.165) is 45.0 Å². The van der Waals surface area contributed by atoms with Crippen LogP contribution in [-0.2, 0) is 10.2 Å². The zero-order valence-electron chi connectivity index (χ0n) is 15.5. The summed E-state index contributed by atoms with van der Waals surface area (Å²) in [6, 6.07) is 8.49. The van der Waals surface area contributed by atoms with Gasteiger partial charge in [0.25, 0.3) is 0 Å². The molecule has 142 valence electrons. The van der Waals surface area contributed by atoms with Gasteiger partial charge in [-0.3, -0.25) is 9.79 Å². The van der Waals surface area contributed by atoms with Crippen LogP contribution in [0.15, 0.2) is 33.7 Å². The Morgan fingerprint density at radius 3 is 2.85 bits per heavy atom. The Morgan fingerprint density at radius 2 is 2.19 bits per heavy atom. The van der Waals surface area contributed by atoms with Crippen LogP contribution >= 0.6 is 15.9 Å². The molecule has 1 atom stereocenters. The molecule has 3 N–H and O–H groups in total. The SMILES string of the molecule is CCNC(=NCC1(c2ccccc2Br)CC1)N1CCCC(CC(N)=O)C1. The first-order valence-electron chi connectivity index (χ1n) is 9.60. The van der Waals surface area contributed by atoms with Crippen molar-refractivity contribution < 1.29 is 4.79 Å². The highest BCUT2D eigenvalue weighted by molar-refractivity contribution is 9.10. The van der Waals surface area contributed by atoms with Crippen molar-refractivity contribution in [1.29, 1.82) is 0 Å². The average Bonchev–Trinajstić information content (AvgIpc) is 3.39. The summed E-state index contributed by atoms with van der Waals surface area (Å²) in [6.45, 7) is 5.59. The van der Waals surface area contributed by atoms with Crippen LogP contribution in [0.25, 0.3) is 0 Å². The lowest BCUT2D eigenvalue weighted by molar-refractivity contribution is -0.119. The van der Waals surface area contributed by atoms with E-state index in [1.54, 1.807) is 0 Å². The van der Waals surface area contributed by atoms with Crippen LogP contribution in [0, 0.1) is 5.92 Å². The van der Waals surface area contributed by atoms with E-state index in [1.165, 1.54) is 22.9 Å². The second-order valence-electron chi connectivity index (χ2n) is 7.56. The van der Waals surface area contributed by atoms with Gasteiger partial charge in [-0.05, 0) is 50.2 Å². The number of halogens is 1. The highest BCUT2D eigenvalue weighted by Gasteiger charge is 2.45. The number of nitrogens with zero attached hydrogens (tertiary/aromatic N) is 2. The number of hydrogen-bond acceptors (Lipinski definition) is 2. The Morgan fingerprint density at radius 1 is 1.42 bits per heavy atom. The van der Waals surface area contributed by atoms with Crippen LogP contribution in [0.3, 0.4) is 0 Å². The number of aliphatic imine (C=N–C) groups is 1. The Labute approximate surface area is 164 Å². The van der Waals surface area contributed by atoms with Crippen LogP contribution in [0.4, 0.5) is 0 Å². The Bertz CT molecular complexity index is 672. The monoisotopic (exact) mass is 420 g/mol. The molecule has 1 unspecified atom stereocenters. The molecule has 0 radical (unpaired) electrons. The summed E-state index contributed by atoms with van der Waals surface area (Å²) in [5.74, 6) is 1.10. The molecular weight excluding hydrogens is 392 g/mol. The van der Waals surface area contributed by atoms with Crippen molar-refractivity contribution in [3.8, 4) is 0 Å². The quantitative estimate of drug-likeness (QED) is 0.548. The van der Waals surface area contributed by atoms with E-state index in [1.807, 2.05) is 0 Å². The molecular formula is C20H29BrN4O. The highest BCUT2D eigenvalue weighted by Crippen LogP contribution is 2.50. The Hall–Kier alpha value is -1.56. The van der Waals surface area contributed by atoms with E-state index in [2.05, 4.69) is 57.3 Å². The number of rotatable bonds is 6. The molecule has 1 amide bonds. The van der Waals surface area contributed by atoms with Crippen molar-refractivity contribution in [2.45, 2.75) is 44.4 Å². The van der Waals surface area contributed by atoms with Crippen molar-refractivity contribution >= 4 is 27.8 Å². The lowest BCUT2D eigenvalue weighted by Gasteiger charge is -2.35. The molecule has 26 heavy (non-hydrogen) atoms. The number of carbonyl (C=O) groups is 1. The normalized spacial score (nSPS) is 22.2. The topological polar surface area (TPSA) is 70.7 Å². The summed E-state index contributed by atoms with van der Waals surface area (Å²) in [5, 5.41) is 3.44. The maximum atomic E-state index is 11.3.